The summed E-state index contributed by atoms with van der Waals surface area (Å²) in [6.07, 6.45) is 9.81. The molecule has 0 saturated heterocycles. The second-order valence-corrected chi connectivity index (χ2v) is 5.75. The lowest BCUT2D eigenvalue weighted by Gasteiger charge is -2.27. The molecule has 0 aliphatic heterocycles. The maximum absolute atomic E-state index is 6.52. The fourth-order valence-corrected chi connectivity index (χ4v) is 2.62. The van der Waals surface area contributed by atoms with Gasteiger partial charge in [0.15, 0.2) is 0 Å². The Hall–Kier alpha value is -0.830. The number of hydrogen-bond acceptors (Lipinski definition) is 2. The highest BCUT2D eigenvalue weighted by molar-refractivity contribution is 5.06. The van der Waals surface area contributed by atoms with Crippen molar-refractivity contribution in [3.05, 3.63) is 18.0 Å². The van der Waals surface area contributed by atoms with Crippen molar-refractivity contribution in [2.75, 3.05) is 0 Å². The lowest BCUT2D eigenvalue weighted by molar-refractivity contribution is 0.356. The average Bonchev–Trinajstić information content (AvgIpc) is 2.86. The molecule has 1 rings (SSSR count). The molecule has 1 aromatic rings. The second-order valence-electron chi connectivity index (χ2n) is 5.75. The molecule has 0 bridgehead atoms. The van der Waals surface area contributed by atoms with Gasteiger partial charge in [0, 0.05) is 18.2 Å². The second kappa shape index (κ2) is 7.68. The van der Waals surface area contributed by atoms with Gasteiger partial charge in [-0.15, -0.1) is 0 Å². The monoisotopic (exact) mass is 265 g/mol. The van der Waals surface area contributed by atoms with Crippen molar-refractivity contribution in [1.29, 1.82) is 0 Å². The maximum atomic E-state index is 6.52. The van der Waals surface area contributed by atoms with Crippen molar-refractivity contribution in [1.82, 2.24) is 9.78 Å². The van der Waals surface area contributed by atoms with Crippen LogP contribution in [0.1, 0.15) is 78.0 Å². The summed E-state index contributed by atoms with van der Waals surface area (Å²) in [5, 5.41) is 4.73. The van der Waals surface area contributed by atoms with Gasteiger partial charge in [0.2, 0.25) is 0 Å². The Morgan fingerprint density at radius 2 is 1.95 bits per heavy atom. The van der Waals surface area contributed by atoms with Gasteiger partial charge in [0.25, 0.3) is 0 Å². The van der Waals surface area contributed by atoms with E-state index >= 15 is 0 Å². The summed E-state index contributed by atoms with van der Waals surface area (Å²) in [6, 6.07) is 2.67. The number of unbranched alkanes of at least 4 members (excludes halogenated alkanes) is 1. The van der Waals surface area contributed by atoms with E-state index in [2.05, 4.69) is 44.6 Å². The van der Waals surface area contributed by atoms with Crippen LogP contribution in [-0.2, 0) is 6.42 Å². The van der Waals surface area contributed by atoms with Crippen LogP contribution in [-0.4, -0.2) is 15.3 Å². The van der Waals surface area contributed by atoms with Crippen molar-refractivity contribution in [2.45, 2.75) is 84.2 Å². The van der Waals surface area contributed by atoms with Crippen LogP contribution in [0.25, 0.3) is 0 Å². The van der Waals surface area contributed by atoms with Crippen LogP contribution in [0, 0.1) is 0 Å². The molecule has 0 spiro atoms. The highest BCUT2D eigenvalue weighted by Crippen LogP contribution is 2.22. The average molecular weight is 265 g/mol. The number of aromatic nitrogens is 2. The zero-order valence-corrected chi connectivity index (χ0v) is 13.2. The predicted octanol–water partition coefficient (Wildman–Crippen LogP) is 4.08. The summed E-state index contributed by atoms with van der Waals surface area (Å²) in [5.41, 5.74) is 7.58. The Kier molecular flexibility index (Phi) is 6.56. The van der Waals surface area contributed by atoms with Gasteiger partial charge in [0.1, 0.15) is 0 Å². The molecule has 1 aromatic heterocycles. The third-order valence-corrected chi connectivity index (χ3v) is 4.25. The first-order chi connectivity index (χ1) is 9.08. The van der Waals surface area contributed by atoms with Gasteiger partial charge in [-0.25, -0.2) is 0 Å². The molecule has 0 fully saturated rings. The van der Waals surface area contributed by atoms with Crippen LogP contribution in [0.2, 0.25) is 0 Å². The Morgan fingerprint density at radius 3 is 2.47 bits per heavy atom. The molecule has 0 radical (unpaired) electrons. The lowest BCUT2D eigenvalue weighted by Crippen LogP contribution is -2.41. The Bertz CT molecular complexity index is 355. The summed E-state index contributed by atoms with van der Waals surface area (Å²) >= 11 is 0. The molecule has 110 valence electrons. The minimum atomic E-state index is -0.0802. The topological polar surface area (TPSA) is 43.8 Å². The van der Waals surface area contributed by atoms with Gasteiger partial charge in [0.05, 0.1) is 11.7 Å². The summed E-state index contributed by atoms with van der Waals surface area (Å²) < 4.78 is 2.12. The first-order valence-corrected chi connectivity index (χ1v) is 7.91. The Labute approximate surface area is 118 Å². The standard InChI is InChI=1S/C16H31N3/c1-5-9-11-16(17,8-4)13-14-10-12-19(18-14)15(6-2)7-3/h10,12,15H,5-9,11,13,17H2,1-4H3. The number of nitrogens with two attached hydrogens (primary N) is 1. The zero-order valence-electron chi connectivity index (χ0n) is 13.2. The fraction of sp³-hybridized carbons (Fsp3) is 0.812. The van der Waals surface area contributed by atoms with Crippen molar-refractivity contribution < 1.29 is 0 Å². The van der Waals surface area contributed by atoms with Gasteiger partial charge >= 0.3 is 0 Å². The van der Waals surface area contributed by atoms with E-state index in [1.165, 1.54) is 12.8 Å². The normalized spacial score (nSPS) is 14.8. The molecule has 2 N–H and O–H groups in total. The van der Waals surface area contributed by atoms with E-state index in [1.807, 2.05) is 0 Å². The van der Waals surface area contributed by atoms with Crippen molar-refractivity contribution in [2.24, 2.45) is 5.73 Å². The van der Waals surface area contributed by atoms with Gasteiger partial charge in [-0.2, -0.15) is 5.10 Å². The molecule has 3 nitrogen and oxygen atoms in total. The molecule has 0 aliphatic rings. The van der Waals surface area contributed by atoms with Gasteiger partial charge in [-0.05, 0) is 31.7 Å². The quantitative estimate of drug-likeness (QED) is 0.731. The smallest absolute Gasteiger partial charge is 0.0643 e. The van der Waals surface area contributed by atoms with E-state index in [1.54, 1.807) is 0 Å². The summed E-state index contributed by atoms with van der Waals surface area (Å²) in [5.74, 6) is 0. The summed E-state index contributed by atoms with van der Waals surface area (Å²) in [7, 11) is 0. The molecule has 0 saturated carbocycles. The fourth-order valence-electron chi connectivity index (χ4n) is 2.62. The predicted molar refractivity (Wildman–Crippen MR) is 82.3 cm³/mol. The Morgan fingerprint density at radius 1 is 1.26 bits per heavy atom. The minimum Gasteiger partial charge on any atom is -0.325 e. The maximum Gasteiger partial charge on any atom is 0.0643 e. The van der Waals surface area contributed by atoms with Crippen LogP contribution in [0.15, 0.2) is 12.3 Å². The third-order valence-electron chi connectivity index (χ3n) is 4.25. The first-order valence-electron chi connectivity index (χ1n) is 7.91. The number of hydrogen-bond donors (Lipinski definition) is 1. The molecule has 1 heterocycles. The van der Waals surface area contributed by atoms with Gasteiger partial charge in [-0.1, -0.05) is 40.5 Å². The lowest BCUT2D eigenvalue weighted by atomic mass is 9.86. The minimum absolute atomic E-state index is 0.0802. The van der Waals surface area contributed by atoms with Gasteiger partial charge in [-0.3, -0.25) is 4.68 Å². The van der Waals surface area contributed by atoms with Crippen molar-refractivity contribution in [3.8, 4) is 0 Å². The third kappa shape index (κ3) is 4.64. The van der Waals surface area contributed by atoms with Crippen molar-refractivity contribution in [3.63, 3.8) is 0 Å². The van der Waals surface area contributed by atoms with Crippen LogP contribution in [0.5, 0.6) is 0 Å². The molecule has 0 aliphatic carbocycles. The van der Waals surface area contributed by atoms with E-state index < -0.39 is 0 Å². The highest BCUT2D eigenvalue weighted by atomic mass is 15.3. The van der Waals surface area contributed by atoms with E-state index in [0.29, 0.717) is 6.04 Å². The van der Waals surface area contributed by atoms with Crippen LogP contribution >= 0.6 is 0 Å². The van der Waals surface area contributed by atoms with E-state index in [0.717, 1.165) is 37.8 Å². The molecule has 0 amide bonds. The van der Waals surface area contributed by atoms with Crippen LogP contribution in [0.3, 0.4) is 0 Å². The first kappa shape index (κ1) is 16.2. The van der Waals surface area contributed by atoms with Crippen LogP contribution in [0.4, 0.5) is 0 Å². The molecule has 0 aromatic carbocycles. The molecular weight excluding hydrogens is 234 g/mol. The summed E-state index contributed by atoms with van der Waals surface area (Å²) in [4.78, 5) is 0. The van der Waals surface area contributed by atoms with E-state index in [-0.39, 0.29) is 5.54 Å². The highest BCUT2D eigenvalue weighted by Gasteiger charge is 2.24. The molecule has 1 unspecified atom stereocenters. The largest absolute Gasteiger partial charge is 0.325 e. The van der Waals surface area contributed by atoms with Crippen LogP contribution < -0.4 is 5.73 Å². The van der Waals surface area contributed by atoms with Gasteiger partial charge < -0.3 is 5.73 Å². The number of rotatable bonds is 9. The molecule has 19 heavy (non-hydrogen) atoms. The Balaban J connectivity index is 2.70. The SMILES string of the molecule is CCCCC(N)(CC)Cc1ccn(C(CC)CC)n1. The molecule has 3 heteroatoms. The molecule has 1 atom stereocenters. The zero-order chi connectivity index (χ0) is 14.3. The van der Waals surface area contributed by atoms with Crippen molar-refractivity contribution >= 4 is 0 Å². The van der Waals surface area contributed by atoms with E-state index in [4.69, 9.17) is 10.8 Å². The summed E-state index contributed by atoms with van der Waals surface area (Å²) in [6.45, 7) is 8.84. The van der Waals surface area contributed by atoms with E-state index in [9.17, 15) is 0 Å². The number of nitrogens with zero attached hydrogens (tertiary/aromatic N) is 2. The molecular formula is C16H31N3.